The van der Waals surface area contributed by atoms with Crippen LogP contribution in [0.4, 0.5) is 0 Å². The summed E-state index contributed by atoms with van der Waals surface area (Å²) in [5, 5.41) is 3.89. The van der Waals surface area contributed by atoms with Gasteiger partial charge >= 0.3 is 0 Å². The monoisotopic (exact) mass is 285 g/mol. The summed E-state index contributed by atoms with van der Waals surface area (Å²) in [6.07, 6.45) is 12.7. The Balaban J connectivity index is 1.55. The summed E-state index contributed by atoms with van der Waals surface area (Å²) in [6, 6.07) is 9.79. The van der Waals surface area contributed by atoms with Crippen molar-refractivity contribution in [3.05, 3.63) is 35.4 Å². The number of aryl methyl sites for hydroxylation is 1. The highest BCUT2D eigenvalue weighted by Crippen LogP contribution is 2.31. The van der Waals surface area contributed by atoms with Gasteiger partial charge in [0.1, 0.15) is 0 Å². The molecular weight excluding hydrogens is 254 g/mol. The molecule has 0 radical (unpaired) electrons. The fraction of sp³-hybridized carbons (Fsp3) is 0.700. The third kappa shape index (κ3) is 3.88. The third-order valence-electron chi connectivity index (χ3n) is 5.79. The molecule has 1 N–H and O–H groups in total. The van der Waals surface area contributed by atoms with Crippen LogP contribution in [0.15, 0.2) is 24.3 Å². The van der Waals surface area contributed by atoms with E-state index in [2.05, 4.69) is 36.5 Å². The van der Waals surface area contributed by atoms with Crippen LogP contribution in [-0.2, 0) is 6.42 Å². The molecule has 1 nitrogen and oxygen atoms in total. The van der Waals surface area contributed by atoms with Crippen LogP contribution in [0.1, 0.15) is 75.3 Å². The Morgan fingerprint density at radius 3 is 2.57 bits per heavy atom. The quantitative estimate of drug-likeness (QED) is 0.763. The predicted molar refractivity (Wildman–Crippen MR) is 90.8 cm³/mol. The Hall–Kier alpha value is -0.820. The second kappa shape index (κ2) is 7.45. The molecule has 2 atom stereocenters. The van der Waals surface area contributed by atoms with E-state index in [9.17, 15) is 0 Å². The lowest BCUT2D eigenvalue weighted by Gasteiger charge is -2.29. The Morgan fingerprint density at radius 2 is 1.76 bits per heavy atom. The Labute approximate surface area is 130 Å². The number of rotatable bonds is 4. The van der Waals surface area contributed by atoms with Gasteiger partial charge in [-0.25, -0.2) is 0 Å². The lowest BCUT2D eigenvalue weighted by atomic mass is 9.82. The standard InChI is InChI=1S/C20H31N/c1-16(17-9-4-2-3-5-10-17)21-15-19-13-8-12-18-11-6-7-14-20(18)19/h6-7,11,14,16-17,19,21H,2-5,8-10,12-13,15H2,1H3/t16-,19?/m1/s1. The topological polar surface area (TPSA) is 12.0 Å². The zero-order valence-electron chi connectivity index (χ0n) is 13.6. The number of nitrogens with one attached hydrogen (secondary N) is 1. The van der Waals surface area contributed by atoms with E-state index < -0.39 is 0 Å². The summed E-state index contributed by atoms with van der Waals surface area (Å²) in [5.74, 6) is 1.65. The van der Waals surface area contributed by atoms with E-state index in [-0.39, 0.29) is 0 Å². The molecule has 0 aromatic heterocycles. The second-order valence-corrected chi connectivity index (χ2v) is 7.24. The van der Waals surface area contributed by atoms with Gasteiger partial charge in [0.05, 0.1) is 0 Å². The summed E-state index contributed by atoms with van der Waals surface area (Å²) in [6.45, 7) is 3.60. The largest absolute Gasteiger partial charge is 0.313 e. The molecule has 0 spiro atoms. The van der Waals surface area contributed by atoms with E-state index in [1.54, 1.807) is 11.1 Å². The molecule has 1 aromatic rings. The molecule has 21 heavy (non-hydrogen) atoms. The Morgan fingerprint density at radius 1 is 1.00 bits per heavy atom. The lowest BCUT2D eigenvalue weighted by molar-refractivity contribution is 0.327. The first-order valence-corrected chi connectivity index (χ1v) is 9.16. The fourth-order valence-corrected chi connectivity index (χ4v) is 4.37. The van der Waals surface area contributed by atoms with E-state index in [0.717, 1.165) is 11.8 Å². The summed E-state index contributed by atoms with van der Waals surface area (Å²) >= 11 is 0. The Bertz CT molecular complexity index is 431. The van der Waals surface area contributed by atoms with Gasteiger partial charge in [0.15, 0.2) is 0 Å². The fourth-order valence-electron chi connectivity index (χ4n) is 4.37. The van der Waals surface area contributed by atoms with Gasteiger partial charge in [0.25, 0.3) is 0 Å². The molecule has 0 heterocycles. The first-order chi connectivity index (χ1) is 10.3. The average molecular weight is 285 g/mol. The highest BCUT2D eigenvalue weighted by atomic mass is 14.9. The van der Waals surface area contributed by atoms with Crippen molar-refractivity contribution in [1.29, 1.82) is 0 Å². The van der Waals surface area contributed by atoms with Crippen molar-refractivity contribution in [2.24, 2.45) is 5.92 Å². The SMILES string of the molecule is C[C@@H](NCC1CCCc2ccccc21)C1CCCCCC1. The van der Waals surface area contributed by atoms with Gasteiger partial charge < -0.3 is 5.32 Å². The molecule has 116 valence electrons. The van der Waals surface area contributed by atoms with E-state index >= 15 is 0 Å². The number of fused-ring (bicyclic) bond motifs is 1. The van der Waals surface area contributed by atoms with Gasteiger partial charge in [-0.3, -0.25) is 0 Å². The maximum Gasteiger partial charge on any atom is 0.00672 e. The average Bonchev–Trinajstić information content (AvgIpc) is 2.82. The van der Waals surface area contributed by atoms with E-state index in [1.807, 2.05) is 0 Å². The lowest BCUT2D eigenvalue weighted by Crippen LogP contribution is -2.36. The number of hydrogen-bond donors (Lipinski definition) is 1. The van der Waals surface area contributed by atoms with Gasteiger partial charge in [0, 0.05) is 12.6 Å². The molecule has 1 heteroatoms. The molecular formula is C20H31N. The highest BCUT2D eigenvalue weighted by molar-refractivity contribution is 5.32. The van der Waals surface area contributed by atoms with E-state index in [4.69, 9.17) is 0 Å². The minimum Gasteiger partial charge on any atom is -0.313 e. The Kier molecular flexibility index (Phi) is 5.35. The van der Waals surface area contributed by atoms with Gasteiger partial charge in [-0.05, 0) is 62.0 Å². The normalized spacial score (nSPS) is 25.1. The first kappa shape index (κ1) is 15.1. The van der Waals surface area contributed by atoms with Crippen LogP contribution in [0.25, 0.3) is 0 Å². The van der Waals surface area contributed by atoms with Crippen LogP contribution in [0.5, 0.6) is 0 Å². The third-order valence-corrected chi connectivity index (χ3v) is 5.79. The minimum atomic E-state index is 0.692. The number of benzene rings is 1. The molecule has 1 unspecified atom stereocenters. The molecule has 0 aliphatic heterocycles. The maximum absolute atomic E-state index is 3.89. The van der Waals surface area contributed by atoms with Crippen molar-refractivity contribution in [3.63, 3.8) is 0 Å². The summed E-state index contributed by atoms with van der Waals surface area (Å²) < 4.78 is 0. The van der Waals surface area contributed by atoms with Crippen LogP contribution in [-0.4, -0.2) is 12.6 Å². The molecule has 0 bridgehead atoms. The molecule has 3 rings (SSSR count). The van der Waals surface area contributed by atoms with Crippen LogP contribution >= 0.6 is 0 Å². The zero-order valence-corrected chi connectivity index (χ0v) is 13.6. The predicted octanol–water partition coefficient (Wildman–Crippen LogP) is 5.06. The van der Waals surface area contributed by atoms with Gasteiger partial charge in [0.2, 0.25) is 0 Å². The molecule has 1 aromatic carbocycles. The molecule has 0 amide bonds. The minimum absolute atomic E-state index is 0.692. The smallest absolute Gasteiger partial charge is 0.00672 e. The molecule has 1 fully saturated rings. The first-order valence-electron chi connectivity index (χ1n) is 9.16. The van der Waals surface area contributed by atoms with Crippen molar-refractivity contribution >= 4 is 0 Å². The van der Waals surface area contributed by atoms with Gasteiger partial charge in [-0.2, -0.15) is 0 Å². The molecule has 2 aliphatic rings. The molecule has 0 saturated heterocycles. The van der Waals surface area contributed by atoms with Crippen LogP contribution < -0.4 is 5.32 Å². The molecule has 2 aliphatic carbocycles. The highest BCUT2D eigenvalue weighted by Gasteiger charge is 2.23. The second-order valence-electron chi connectivity index (χ2n) is 7.24. The number of hydrogen-bond acceptors (Lipinski definition) is 1. The van der Waals surface area contributed by atoms with E-state index in [1.165, 1.54) is 64.3 Å². The van der Waals surface area contributed by atoms with Crippen molar-refractivity contribution in [1.82, 2.24) is 5.32 Å². The van der Waals surface area contributed by atoms with Crippen molar-refractivity contribution in [2.45, 2.75) is 76.7 Å². The van der Waals surface area contributed by atoms with E-state index in [0.29, 0.717) is 6.04 Å². The van der Waals surface area contributed by atoms with Crippen molar-refractivity contribution in [2.75, 3.05) is 6.54 Å². The zero-order chi connectivity index (χ0) is 14.5. The van der Waals surface area contributed by atoms with Crippen LogP contribution in [0, 0.1) is 5.92 Å². The van der Waals surface area contributed by atoms with Crippen molar-refractivity contribution < 1.29 is 0 Å². The van der Waals surface area contributed by atoms with Crippen LogP contribution in [0.2, 0.25) is 0 Å². The summed E-state index contributed by atoms with van der Waals surface area (Å²) in [7, 11) is 0. The van der Waals surface area contributed by atoms with Crippen LogP contribution in [0.3, 0.4) is 0 Å². The molecule has 1 saturated carbocycles. The maximum atomic E-state index is 3.89. The van der Waals surface area contributed by atoms with Crippen molar-refractivity contribution in [3.8, 4) is 0 Å². The summed E-state index contributed by atoms with van der Waals surface area (Å²) in [4.78, 5) is 0. The van der Waals surface area contributed by atoms with Gasteiger partial charge in [-0.15, -0.1) is 0 Å². The van der Waals surface area contributed by atoms with Gasteiger partial charge in [-0.1, -0.05) is 49.9 Å². The summed E-state index contributed by atoms with van der Waals surface area (Å²) in [5.41, 5.74) is 3.21.